The zero-order valence-corrected chi connectivity index (χ0v) is 10.2. The summed E-state index contributed by atoms with van der Waals surface area (Å²) in [6.07, 6.45) is -0.152. The number of ether oxygens (including phenoxy) is 2. The van der Waals surface area contributed by atoms with Crippen molar-refractivity contribution in [2.45, 2.75) is 32.2 Å². The highest BCUT2D eigenvalue weighted by atomic mass is 16.5. The van der Waals surface area contributed by atoms with E-state index >= 15 is 0 Å². The smallest absolute Gasteiger partial charge is 0.408 e. The molecule has 0 bridgehead atoms. The largest absolute Gasteiger partial charge is 0.480 e. The summed E-state index contributed by atoms with van der Waals surface area (Å²) in [4.78, 5) is 22.7. The van der Waals surface area contributed by atoms with Crippen molar-refractivity contribution in [1.29, 1.82) is 0 Å². The number of aliphatic carboxylic acids is 1. The van der Waals surface area contributed by atoms with Crippen LogP contribution in [0.5, 0.6) is 0 Å². The summed E-state index contributed by atoms with van der Waals surface area (Å²) >= 11 is 0. The fraction of sp³-hybridized carbons (Fsp3) is 0.818. The molecule has 6 heteroatoms. The number of carbonyl (C=O) groups is 2. The van der Waals surface area contributed by atoms with Gasteiger partial charge in [0.1, 0.15) is 5.54 Å². The van der Waals surface area contributed by atoms with Crippen LogP contribution >= 0.6 is 0 Å². The summed E-state index contributed by atoms with van der Waals surface area (Å²) in [6.45, 7) is 4.76. The standard InChI is InChI=1S/C11H19NO5/c1-8(2)7-17-10(15)12-11(9(13)14)3-5-16-6-4-11/h8H,3-7H2,1-2H3,(H,12,15)(H,13,14). The Morgan fingerprint density at radius 2 is 2.00 bits per heavy atom. The van der Waals surface area contributed by atoms with Gasteiger partial charge in [-0.3, -0.25) is 0 Å². The van der Waals surface area contributed by atoms with Gasteiger partial charge in [-0.25, -0.2) is 9.59 Å². The number of nitrogens with one attached hydrogen (secondary N) is 1. The van der Waals surface area contributed by atoms with Crippen LogP contribution in [0.1, 0.15) is 26.7 Å². The predicted molar refractivity (Wildman–Crippen MR) is 59.7 cm³/mol. The Balaban J connectivity index is 2.54. The molecule has 0 unspecified atom stereocenters. The number of carboxylic acids is 1. The Bertz CT molecular complexity index is 284. The molecular weight excluding hydrogens is 226 g/mol. The van der Waals surface area contributed by atoms with Gasteiger partial charge in [0, 0.05) is 26.1 Å². The predicted octanol–water partition coefficient (Wildman–Crippen LogP) is 1.00. The van der Waals surface area contributed by atoms with E-state index in [0.29, 0.717) is 13.2 Å². The molecule has 0 saturated carbocycles. The van der Waals surface area contributed by atoms with Crippen molar-refractivity contribution in [1.82, 2.24) is 5.32 Å². The SMILES string of the molecule is CC(C)COC(=O)NC1(C(=O)O)CCOCC1. The Hall–Kier alpha value is -1.30. The molecule has 17 heavy (non-hydrogen) atoms. The highest BCUT2D eigenvalue weighted by Gasteiger charge is 2.42. The van der Waals surface area contributed by atoms with Crippen molar-refractivity contribution in [3.63, 3.8) is 0 Å². The van der Waals surface area contributed by atoms with E-state index in [0.717, 1.165) is 0 Å². The fourth-order valence-electron chi connectivity index (χ4n) is 1.59. The summed E-state index contributed by atoms with van der Waals surface area (Å²) in [6, 6.07) is 0. The van der Waals surface area contributed by atoms with Crippen LogP contribution < -0.4 is 5.32 Å². The maximum Gasteiger partial charge on any atom is 0.408 e. The van der Waals surface area contributed by atoms with E-state index in [1.54, 1.807) is 0 Å². The van der Waals surface area contributed by atoms with Crippen molar-refractivity contribution in [3.05, 3.63) is 0 Å². The van der Waals surface area contributed by atoms with Crippen LogP contribution in [0, 0.1) is 5.92 Å². The molecule has 1 heterocycles. The van der Waals surface area contributed by atoms with E-state index in [9.17, 15) is 14.7 Å². The third kappa shape index (κ3) is 3.89. The van der Waals surface area contributed by atoms with Crippen LogP contribution in [-0.4, -0.2) is 42.5 Å². The molecule has 0 aromatic rings. The Morgan fingerprint density at radius 1 is 1.41 bits per heavy atom. The van der Waals surface area contributed by atoms with Crippen molar-refractivity contribution in [3.8, 4) is 0 Å². The molecular formula is C11H19NO5. The van der Waals surface area contributed by atoms with Crippen LogP contribution in [0.3, 0.4) is 0 Å². The molecule has 98 valence electrons. The summed E-state index contributed by atoms with van der Waals surface area (Å²) in [5.74, 6) is -0.821. The van der Waals surface area contributed by atoms with E-state index in [1.807, 2.05) is 13.8 Å². The molecule has 0 aliphatic carbocycles. The van der Waals surface area contributed by atoms with E-state index < -0.39 is 17.6 Å². The molecule has 1 saturated heterocycles. The molecule has 0 aromatic heterocycles. The molecule has 1 aliphatic rings. The lowest BCUT2D eigenvalue weighted by atomic mass is 9.90. The van der Waals surface area contributed by atoms with E-state index in [4.69, 9.17) is 9.47 Å². The molecule has 0 atom stereocenters. The maximum absolute atomic E-state index is 11.5. The molecule has 6 nitrogen and oxygen atoms in total. The van der Waals surface area contributed by atoms with Gasteiger partial charge in [0.2, 0.25) is 0 Å². The summed E-state index contributed by atoms with van der Waals surface area (Å²) in [7, 11) is 0. The van der Waals surface area contributed by atoms with Gasteiger partial charge < -0.3 is 19.9 Å². The quantitative estimate of drug-likeness (QED) is 0.772. The van der Waals surface area contributed by atoms with Crippen molar-refractivity contribution in [2.24, 2.45) is 5.92 Å². The van der Waals surface area contributed by atoms with Crippen LogP contribution in [0.15, 0.2) is 0 Å². The fourth-order valence-corrected chi connectivity index (χ4v) is 1.59. The van der Waals surface area contributed by atoms with Crippen molar-refractivity contribution >= 4 is 12.1 Å². The highest BCUT2D eigenvalue weighted by molar-refractivity contribution is 5.84. The maximum atomic E-state index is 11.5. The number of alkyl carbamates (subject to hydrolysis) is 1. The Kier molecular flexibility index (Phi) is 4.74. The van der Waals surface area contributed by atoms with Gasteiger partial charge in [-0.05, 0) is 5.92 Å². The molecule has 0 spiro atoms. The van der Waals surface area contributed by atoms with Crippen LogP contribution in [0.4, 0.5) is 4.79 Å². The van der Waals surface area contributed by atoms with Gasteiger partial charge in [0.25, 0.3) is 0 Å². The van der Waals surface area contributed by atoms with Gasteiger partial charge in [-0.1, -0.05) is 13.8 Å². The first-order valence-electron chi connectivity index (χ1n) is 5.72. The lowest BCUT2D eigenvalue weighted by molar-refractivity contribution is -0.148. The molecule has 1 amide bonds. The Labute approximate surface area is 100 Å². The zero-order chi connectivity index (χ0) is 12.9. The molecule has 2 N–H and O–H groups in total. The monoisotopic (exact) mass is 245 g/mol. The van der Waals surface area contributed by atoms with Gasteiger partial charge in [0.15, 0.2) is 0 Å². The van der Waals surface area contributed by atoms with E-state index in [-0.39, 0.29) is 25.4 Å². The second-order valence-corrected chi connectivity index (χ2v) is 4.62. The third-order valence-electron chi connectivity index (χ3n) is 2.64. The molecule has 1 aliphatic heterocycles. The van der Waals surface area contributed by atoms with Crippen LogP contribution in [0.2, 0.25) is 0 Å². The lowest BCUT2D eigenvalue weighted by Crippen LogP contribution is -2.57. The minimum atomic E-state index is -1.24. The van der Waals surface area contributed by atoms with Crippen molar-refractivity contribution < 1.29 is 24.2 Å². The van der Waals surface area contributed by atoms with E-state index in [1.165, 1.54) is 0 Å². The van der Waals surface area contributed by atoms with Crippen LogP contribution in [-0.2, 0) is 14.3 Å². The Morgan fingerprint density at radius 3 is 2.47 bits per heavy atom. The average molecular weight is 245 g/mol. The summed E-state index contributed by atoms with van der Waals surface area (Å²) in [5.41, 5.74) is -1.24. The normalized spacial score (nSPS) is 18.8. The first-order valence-corrected chi connectivity index (χ1v) is 5.72. The topological polar surface area (TPSA) is 84.9 Å². The van der Waals surface area contributed by atoms with Gasteiger partial charge in [0.05, 0.1) is 6.61 Å². The number of carboxylic acid groups (broad SMARTS) is 1. The minimum Gasteiger partial charge on any atom is -0.480 e. The number of rotatable bonds is 4. The van der Waals surface area contributed by atoms with Gasteiger partial charge in [-0.2, -0.15) is 0 Å². The molecule has 0 aromatic carbocycles. The molecule has 0 radical (unpaired) electrons. The summed E-state index contributed by atoms with van der Waals surface area (Å²) < 4.78 is 10.0. The average Bonchev–Trinajstić information content (AvgIpc) is 2.27. The highest BCUT2D eigenvalue weighted by Crippen LogP contribution is 2.21. The second kappa shape index (κ2) is 5.86. The number of hydrogen-bond acceptors (Lipinski definition) is 4. The first-order chi connectivity index (χ1) is 7.96. The minimum absolute atomic E-state index is 0.219. The van der Waals surface area contributed by atoms with E-state index in [2.05, 4.69) is 5.32 Å². The van der Waals surface area contributed by atoms with Gasteiger partial charge in [-0.15, -0.1) is 0 Å². The van der Waals surface area contributed by atoms with Gasteiger partial charge >= 0.3 is 12.1 Å². The number of amides is 1. The first kappa shape index (κ1) is 13.8. The zero-order valence-electron chi connectivity index (χ0n) is 10.2. The number of hydrogen-bond donors (Lipinski definition) is 2. The lowest BCUT2D eigenvalue weighted by Gasteiger charge is -2.33. The second-order valence-electron chi connectivity index (χ2n) is 4.62. The van der Waals surface area contributed by atoms with Crippen LogP contribution in [0.25, 0.3) is 0 Å². The van der Waals surface area contributed by atoms with Crippen molar-refractivity contribution in [2.75, 3.05) is 19.8 Å². The molecule has 1 rings (SSSR count). The molecule has 1 fully saturated rings. The third-order valence-corrected chi connectivity index (χ3v) is 2.64. The summed E-state index contributed by atoms with van der Waals surface area (Å²) in [5, 5.41) is 11.6. The number of carbonyl (C=O) groups excluding carboxylic acids is 1.